The van der Waals surface area contributed by atoms with Gasteiger partial charge in [0.15, 0.2) is 0 Å². The zero-order chi connectivity index (χ0) is 12.0. The van der Waals surface area contributed by atoms with Gasteiger partial charge >= 0.3 is 0 Å². The molecule has 16 heavy (non-hydrogen) atoms. The van der Waals surface area contributed by atoms with E-state index in [-0.39, 0.29) is 0 Å². The first-order valence-corrected chi connectivity index (χ1v) is 7.65. The Kier molecular flexibility index (Phi) is 6.78. The molecule has 0 amide bonds. The fraction of sp³-hybridized carbons (Fsp3) is 1.00. The molecule has 4 atom stereocenters. The maximum absolute atomic E-state index is 9.16. The van der Waals surface area contributed by atoms with Crippen molar-refractivity contribution < 1.29 is 5.11 Å². The molecule has 0 aromatic rings. The topological polar surface area (TPSA) is 32.3 Å². The van der Waals surface area contributed by atoms with E-state index in [1.165, 1.54) is 25.7 Å². The Balaban J connectivity index is 2.49. The lowest BCUT2D eigenvalue weighted by atomic mass is 9.84. The average Bonchev–Trinajstić information content (AvgIpc) is 2.31. The third kappa shape index (κ3) is 4.27. The van der Waals surface area contributed by atoms with Gasteiger partial charge in [0, 0.05) is 16.5 Å². The zero-order valence-electron chi connectivity index (χ0n) is 10.9. The van der Waals surface area contributed by atoms with Crippen molar-refractivity contribution in [3.8, 4) is 0 Å². The van der Waals surface area contributed by atoms with Crippen LogP contribution < -0.4 is 5.32 Å². The fourth-order valence-corrected chi connectivity index (χ4v) is 4.06. The second-order valence-corrected chi connectivity index (χ2v) is 6.60. The van der Waals surface area contributed by atoms with Gasteiger partial charge in [-0.2, -0.15) is 11.8 Å². The summed E-state index contributed by atoms with van der Waals surface area (Å²) in [6.07, 6.45) is 5.31. The smallest absolute Gasteiger partial charge is 0.0547 e. The highest BCUT2D eigenvalue weighted by molar-refractivity contribution is 8.00. The molecule has 0 aromatic heterocycles. The molecule has 96 valence electrons. The summed E-state index contributed by atoms with van der Waals surface area (Å²) in [6, 6.07) is 0.659. The lowest BCUT2D eigenvalue weighted by Gasteiger charge is -2.37. The highest BCUT2D eigenvalue weighted by Gasteiger charge is 2.30. The van der Waals surface area contributed by atoms with E-state index in [1.807, 2.05) is 11.8 Å². The monoisotopic (exact) mass is 245 g/mol. The van der Waals surface area contributed by atoms with Crippen LogP contribution in [0.2, 0.25) is 0 Å². The van der Waals surface area contributed by atoms with Crippen molar-refractivity contribution in [2.45, 2.75) is 63.0 Å². The SMILES string of the molecule is CCNC1CCC(CC)CC1SC(C)CO. The van der Waals surface area contributed by atoms with Crippen molar-refractivity contribution in [1.29, 1.82) is 0 Å². The molecule has 0 aromatic carbocycles. The Bertz CT molecular complexity index is 187. The number of hydrogen-bond donors (Lipinski definition) is 2. The standard InChI is InChI=1S/C13H27NOS/c1-4-11-6-7-12(14-5-2)13(8-11)16-10(3)9-15/h10-15H,4-9H2,1-3H3. The minimum Gasteiger partial charge on any atom is -0.395 e. The molecule has 3 heteroatoms. The summed E-state index contributed by atoms with van der Waals surface area (Å²) in [5, 5.41) is 13.8. The number of aliphatic hydroxyl groups excluding tert-OH is 1. The predicted octanol–water partition coefficient (Wildman–Crippen LogP) is 2.66. The Morgan fingerprint density at radius 1 is 1.38 bits per heavy atom. The first kappa shape index (κ1) is 14.3. The Labute approximate surface area is 105 Å². The summed E-state index contributed by atoms with van der Waals surface area (Å²) < 4.78 is 0. The van der Waals surface area contributed by atoms with Gasteiger partial charge in [-0.1, -0.05) is 27.2 Å². The molecule has 2 N–H and O–H groups in total. The number of aliphatic hydroxyl groups is 1. The molecule has 1 aliphatic rings. The van der Waals surface area contributed by atoms with Crippen molar-refractivity contribution in [2.75, 3.05) is 13.2 Å². The predicted molar refractivity (Wildman–Crippen MR) is 73.0 cm³/mol. The summed E-state index contributed by atoms with van der Waals surface area (Å²) >= 11 is 1.98. The van der Waals surface area contributed by atoms with Gasteiger partial charge in [0.05, 0.1) is 6.61 Å². The van der Waals surface area contributed by atoms with Gasteiger partial charge in [-0.3, -0.25) is 0 Å². The van der Waals surface area contributed by atoms with E-state index in [2.05, 4.69) is 26.1 Å². The van der Waals surface area contributed by atoms with Gasteiger partial charge in [0.25, 0.3) is 0 Å². The van der Waals surface area contributed by atoms with Crippen LogP contribution in [0.25, 0.3) is 0 Å². The third-order valence-corrected chi connectivity index (χ3v) is 5.09. The molecular weight excluding hydrogens is 218 g/mol. The number of nitrogens with one attached hydrogen (secondary N) is 1. The molecule has 0 spiro atoms. The highest BCUT2D eigenvalue weighted by Crippen LogP contribution is 2.35. The molecule has 0 bridgehead atoms. The number of thioether (sulfide) groups is 1. The Morgan fingerprint density at radius 2 is 2.12 bits per heavy atom. The van der Waals surface area contributed by atoms with Gasteiger partial charge < -0.3 is 10.4 Å². The van der Waals surface area contributed by atoms with E-state index in [9.17, 15) is 0 Å². The Morgan fingerprint density at radius 3 is 2.69 bits per heavy atom. The minimum atomic E-state index is 0.302. The van der Waals surface area contributed by atoms with Crippen LogP contribution in [-0.4, -0.2) is 34.8 Å². The Hall–Kier alpha value is 0.270. The van der Waals surface area contributed by atoms with Gasteiger partial charge in [-0.25, -0.2) is 0 Å². The quantitative estimate of drug-likeness (QED) is 0.754. The lowest BCUT2D eigenvalue weighted by molar-refractivity contribution is 0.288. The van der Waals surface area contributed by atoms with Crippen LogP contribution in [0, 0.1) is 5.92 Å². The molecule has 4 unspecified atom stereocenters. The van der Waals surface area contributed by atoms with E-state index in [0.717, 1.165) is 12.5 Å². The van der Waals surface area contributed by atoms with Crippen molar-refractivity contribution in [3.63, 3.8) is 0 Å². The average molecular weight is 245 g/mol. The van der Waals surface area contributed by atoms with E-state index in [0.29, 0.717) is 23.1 Å². The van der Waals surface area contributed by atoms with Crippen LogP contribution in [0.4, 0.5) is 0 Å². The van der Waals surface area contributed by atoms with Gasteiger partial charge in [-0.05, 0) is 31.7 Å². The van der Waals surface area contributed by atoms with Crippen molar-refractivity contribution >= 4 is 11.8 Å². The highest BCUT2D eigenvalue weighted by atomic mass is 32.2. The van der Waals surface area contributed by atoms with Gasteiger partial charge in [0.2, 0.25) is 0 Å². The molecule has 0 radical (unpaired) electrons. The maximum Gasteiger partial charge on any atom is 0.0547 e. The first-order valence-electron chi connectivity index (χ1n) is 6.70. The van der Waals surface area contributed by atoms with E-state index >= 15 is 0 Å². The second kappa shape index (κ2) is 7.57. The summed E-state index contributed by atoms with van der Waals surface area (Å²) in [6.45, 7) is 7.98. The molecule has 0 aliphatic heterocycles. The van der Waals surface area contributed by atoms with Crippen LogP contribution in [0.1, 0.15) is 46.5 Å². The normalized spacial score (nSPS) is 32.6. The molecule has 1 saturated carbocycles. The zero-order valence-corrected chi connectivity index (χ0v) is 11.7. The van der Waals surface area contributed by atoms with E-state index < -0.39 is 0 Å². The summed E-state index contributed by atoms with van der Waals surface area (Å²) in [5.74, 6) is 0.901. The van der Waals surface area contributed by atoms with Gasteiger partial charge in [-0.15, -0.1) is 0 Å². The first-order chi connectivity index (χ1) is 7.71. The van der Waals surface area contributed by atoms with E-state index in [4.69, 9.17) is 5.11 Å². The lowest BCUT2D eigenvalue weighted by Crippen LogP contribution is -2.43. The molecule has 0 saturated heterocycles. The molecule has 2 nitrogen and oxygen atoms in total. The number of rotatable bonds is 6. The van der Waals surface area contributed by atoms with E-state index in [1.54, 1.807) is 0 Å². The van der Waals surface area contributed by atoms with Crippen LogP contribution in [-0.2, 0) is 0 Å². The largest absolute Gasteiger partial charge is 0.395 e. The second-order valence-electron chi connectivity index (χ2n) is 4.92. The summed E-state index contributed by atoms with van der Waals surface area (Å²) in [5.41, 5.74) is 0. The molecule has 1 aliphatic carbocycles. The van der Waals surface area contributed by atoms with Crippen molar-refractivity contribution in [2.24, 2.45) is 5.92 Å². The third-order valence-electron chi connectivity index (χ3n) is 3.61. The van der Waals surface area contributed by atoms with Crippen LogP contribution in [0.3, 0.4) is 0 Å². The van der Waals surface area contributed by atoms with Gasteiger partial charge in [0.1, 0.15) is 0 Å². The summed E-state index contributed by atoms with van der Waals surface area (Å²) in [7, 11) is 0. The van der Waals surface area contributed by atoms with Crippen LogP contribution in [0.15, 0.2) is 0 Å². The molecule has 1 rings (SSSR count). The number of hydrogen-bond acceptors (Lipinski definition) is 3. The summed E-state index contributed by atoms with van der Waals surface area (Å²) in [4.78, 5) is 0. The molecule has 1 fully saturated rings. The van der Waals surface area contributed by atoms with Crippen LogP contribution in [0.5, 0.6) is 0 Å². The minimum absolute atomic E-state index is 0.302. The fourth-order valence-electron chi connectivity index (χ4n) is 2.57. The molecule has 0 heterocycles. The van der Waals surface area contributed by atoms with Crippen LogP contribution >= 0.6 is 11.8 Å². The van der Waals surface area contributed by atoms with Crippen molar-refractivity contribution in [1.82, 2.24) is 5.32 Å². The molecular formula is C13H27NOS. The maximum atomic E-state index is 9.16. The van der Waals surface area contributed by atoms with Crippen molar-refractivity contribution in [3.05, 3.63) is 0 Å².